The van der Waals surface area contributed by atoms with E-state index >= 15 is 0 Å². The number of benzene rings is 2. The average Bonchev–Trinajstić information content (AvgIpc) is 2.61. The van der Waals surface area contributed by atoms with Gasteiger partial charge in [0.2, 0.25) is 0 Å². The fourth-order valence-corrected chi connectivity index (χ4v) is 3.43. The van der Waals surface area contributed by atoms with Crippen LogP contribution in [0.4, 0.5) is 0 Å². The van der Waals surface area contributed by atoms with Crippen molar-refractivity contribution in [3.63, 3.8) is 0 Å². The molecule has 0 spiro atoms. The molecule has 0 heterocycles. The van der Waals surface area contributed by atoms with Crippen molar-refractivity contribution in [3.8, 4) is 11.5 Å². The molecule has 0 amide bonds. The first kappa shape index (κ1) is 18.3. The summed E-state index contributed by atoms with van der Waals surface area (Å²) in [5, 5.41) is 38.4. The first-order valence-electron chi connectivity index (χ1n) is 8.40. The van der Waals surface area contributed by atoms with Crippen molar-refractivity contribution in [1.29, 1.82) is 0 Å². The van der Waals surface area contributed by atoms with Gasteiger partial charge in [0.1, 0.15) is 11.5 Å². The van der Waals surface area contributed by atoms with Crippen LogP contribution < -0.4 is 0 Å². The summed E-state index contributed by atoms with van der Waals surface area (Å²) in [5.74, 6) is 0.654. The SMILES string of the molecule is CC[C@H](c1ccc(O)c(CO)c1)[C@@H](CC)c1ccc(O)c(CO)c1. The minimum atomic E-state index is -0.194. The third-order valence-electron chi connectivity index (χ3n) is 4.77. The second-order valence-electron chi connectivity index (χ2n) is 6.12. The van der Waals surface area contributed by atoms with Gasteiger partial charge in [-0.1, -0.05) is 26.0 Å². The van der Waals surface area contributed by atoms with Crippen molar-refractivity contribution in [1.82, 2.24) is 0 Å². The van der Waals surface area contributed by atoms with Crippen LogP contribution in [0.2, 0.25) is 0 Å². The summed E-state index contributed by atoms with van der Waals surface area (Å²) >= 11 is 0. The largest absolute Gasteiger partial charge is 0.508 e. The molecule has 2 aromatic carbocycles. The molecule has 4 heteroatoms. The lowest BCUT2D eigenvalue weighted by Gasteiger charge is -2.27. The summed E-state index contributed by atoms with van der Waals surface area (Å²) in [7, 11) is 0. The maximum atomic E-state index is 9.79. The monoisotopic (exact) mass is 330 g/mol. The summed E-state index contributed by atoms with van der Waals surface area (Å²) in [4.78, 5) is 0. The zero-order chi connectivity index (χ0) is 17.7. The van der Waals surface area contributed by atoms with Crippen LogP contribution in [0, 0.1) is 0 Å². The summed E-state index contributed by atoms with van der Waals surface area (Å²) in [5.41, 5.74) is 3.21. The lowest BCUT2D eigenvalue weighted by Crippen LogP contribution is -2.11. The minimum absolute atomic E-state index is 0.108. The van der Waals surface area contributed by atoms with E-state index in [9.17, 15) is 20.4 Å². The Morgan fingerprint density at radius 3 is 1.38 bits per heavy atom. The maximum absolute atomic E-state index is 9.79. The van der Waals surface area contributed by atoms with Gasteiger partial charge < -0.3 is 20.4 Å². The summed E-state index contributed by atoms with van der Waals surface area (Å²) in [6, 6.07) is 10.8. The van der Waals surface area contributed by atoms with Crippen LogP contribution in [0.25, 0.3) is 0 Å². The van der Waals surface area contributed by atoms with Crippen LogP contribution in [0.5, 0.6) is 11.5 Å². The van der Waals surface area contributed by atoms with Crippen LogP contribution in [-0.2, 0) is 13.2 Å². The van der Waals surface area contributed by atoms with E-state index in [4.69, 9.17) is 0 Å². The zero-order valence-corrected chi connectivity index (χ0v) is 14.2. The average molecular weight is 330 g/mol. The van der Waals surface area contributed by atoms with Gasteiger partial charge in [-0.25, -0.2) is 0 Å². The highest BCUT2D eigenvalue weighted by Crippen LogP contribution is 2.40. The van der Waals surface area contributed by atoms with Crippen molar-refractivity contribution < 1.29 is 20.4 Å². The smallest absolute Gasteiger partial charge is 0.121 e. The molecule has 0 saturated carbocycles. The Hall–Kier alpha value is -2.04. The lowest BCUT2D eigenvalue weighted by atomic mass is 9.77. The Balaban J connectivity index is 2.43. The molecule has 4 N–H and O–H groups in total. The first-order valence-corrected chi connectivity index (χ1v) is 8.40. The van der Waals surface area contributed by atoms with Crippen LogP contribution in [-0.4, -0.2) is 20.4 Å². The third kappa shape index (κ3) is 3.71. The normalized spacial score (nSPS) is 13.7. The maximum Gasteiger partial charge on any atom is 0.121 e. The highest BCUT2D eigenvalue weighted by atomic mass is 16.3. The van der Waals surface area contributed by atoms with E-state index in [1.165, 1.54) is 0 Å². The summed E-state index contributed by atoms with van der Waals surface area (Å²) < 4.78 is 0. The molecule has 0 aliphatic rings. The van der Waals surface area contributed by atoms with Gasteiger partial charge in [-0.05, 0) is 60.1 Å². The molecule has 130 valence electrons. The van der Waals surface area contributed by atoms with Crippen LogP contribution >= 0.6 is 0 Å². The zero-order valence-electron chi connectivity index (χ0n) is 14.2. The Bertz CT molecular complexity index is 622. The van der Waals surface area contributed by atoms with Crippen LogP contribution in [0.3, 0.4) is 0 Å². The molecular formula is C20H26O4. The van der Waals surface area contributed by atoms with Gasteiger partial charge in [0.15, 0.2) is 0 Å². The molecule has 0 fully saturated rings. The van der Waals surface area contributed by atoms with Crippen molar-refractivity contribution in [2.75, 3.05) is 0 Å². The van der Waals surface area contributed by atoms with Crippen molar-refractivity contribution in [2.24, 2.45) is 0 Å². The number of aliphatic hydroxyl groups is 2. The highest BCUT2D eigenvalue weighted by Gasteiger charge is 2.23. The van der Waals surface area contributed by atoms with Gasteiger partial charge in [0.05, 0.1) is 13.2 Å². The fourth-order valence-electron chi connectivity index (χ4n) is 3.43. The Morgan fingerprint density at radius 2 is 1.08 bits per heavy atom. The molecule has 2 aromatic rings. The van der Waals surface area contributed by atoms with E-state index < -0.39 is 0 Å². The molecule has 4 nitrogen and oxygen atoms in total. The molecule has 0 aromatic heterocycles. The van der Waals surface area contributed by atoms with Crippen LogP contribution in [0.15, 0.2) is 36.4 Å². The van der Waals surface area contributed by atoms with E-state index in [-0.39, 0.29) is 36.5 Å². The molecule has 0 aliphatic heterocycles. The molecular weight excluding hydrogens is 304 g/mol. The standard InChI is InChI=1S/C20H26O4/c1-3-17(13-5-7-19(23)15(9-13)11-21)18(4-2)14-6-8-20(24)16(10-14)12-22/h5-10,17-18,21-24H,3-4,11-12H2,1-2H3/t17-,18+. The molecule has 0 saturated heterocycles. The molecule has 24 heavy (non-hydrogen) atoms. The van der Waals surface area contributed by atoms with Gasteiger partial charge in [0.25, 0.3) is 0 Å². The van der Waals surface area contributed by atoms with E-state index in [0.29, 0.717) is 11.1 Å². The predicted molar refractivity (Wildman–Crippen MR) is 94.1 cm³/mol. The Kier molecular flexibility index (Phi) is 6.23. The number of aliphatic hydroxyl groups excluding tert-OH is 2. The molecule has 2 rings (SSSR count). The van der Waals surface area contributed by atoms with Crippen molar-refractivity contribution >= 4 is 0 Å². The predicted octanol–water partition coefficient (Wildman–Crippen LogP) is 3.77. The van der Waals surface area contributed by atoms with Gasteiger partial charge in [-0.3, -0.25) is 0 Å². The highest BCUT2D eigenvalue weighted by molar-refractivity contribution is 5.41. The quantitative estimate of drug-likeness (QED) is 0.623. The van der Waals surface area contributed by atoms with Gasteiger partial charge in [0, 0.05) is 11.1 Å². The minimum Gasteiger partial charge on any atom is -0.508 e. The fraction of sp³-hybridized carbons (Fsp3) is 0.400. The summed E-state index contributed by atoms with van der Waals surface area (Å²) in [6.45, 7) is 3.85. The Morgan fingerprint density at radius 1 is 0.708 bits per heavy atom. The topological polar surface area (TPSA) is 80.9 Å². The first-order chi connectivity index (χ1) is 11.5. The molecule has 0 radical (unpaired) electrons. The number of hydrogen-bond donors (Lipinski definition) is 4. The Labute approximate surface area is 143 Å². The summed E-state index contributed by atoms with van der Waals surface area (Å²) in [6.07, 6.45) is 1.81. The van der Waals surface area contributed by atoms with E-state index in [1.807, 2.05) is 24.3 Å². The number of hydrogen-bond acceptors (Lipinski definition) is 4. The number of aromatic hydroxyl groups is 2. The second kappa shape index (κ2) is 8.18. The van der Waals surface area contributed by atoms with Gasteiger partial charge in [-0.15, -0.1) is 0 Å². The van der Waals surface area contributed by atoms with E-state index in [2.05, 4.69) is 13.8 Å². The number of phenols is 2. The van der Waals surface area contributed by atoms with Crippen LogP contribution in [0.1, 0.15) is 60.8 Å². The van der Waals surface area contributed by atoms with E-state index in [0.717, 1.165) is 24.0 Å². The molecule has 0 unspecified atom stereocenters. The van der Waals surface area contributed by atoms with Crippen molar-refractivity contribution in [3.05, 3.63) is 58.7 Å². The van der Waals surface area contributed by atoms with Gasteiger partial charge >= 0.3 is 0 Å². The van der Waals surface area contributed by atoms with Gasteiger partial charge in [-0.2, -0.15) is 0 Å². The third-order valence-corrected chi connectivity index (χ3v) is 4.77. The molecule has 0 aliphatic carbocycles. The molecule has 0 bridgehead atoms. The second-order valence-corrected chi connectivity index (χ2v) is 6.12. The van der Waals surface area contributed by atoms with Crippen molar-refractivity contribution in [2.45, 2.75) is 51.7 Å². The number of rotatable bonds is 7. The molecule has 2 atom stereocenters. The lowest BCUT2D eigenvalue weighted by molar-refractivity contribution is 0.274. The van der Waals surface area contributed by atoms with E-state index in [1.54, 1.807) is 12.1 Å².